The van der Waals surface area contributed by atoms with Crippen molar-refractivity contribution in [1.29, 1.82) is 0 Å². The van der Waals surface area contributed by atoms with E-state index in [9.17, 15) is 9.18 Å². The Labute approximate surface area is 130 Å². The van der Waals surface area contributed by atoms with Crippen LogP contribution < -0.4 is 0 Å². The molecule has 6 heteroatoms. The maximum atomic E-state index is 13.2. The molecule has 0 bridgehead atoms. The summed E-state index contributed by atoms with van der Waals surface area (Å²) in [6, 6.07) is 6.21. The smallest absolute Gasteiger partial charge is 0.222 e. The number of fused-ring (bicyclic) bond motifs is 1. The second-order valence-electron chi connectivity index (χ2n) is 5.00. The molecule has 0 aliphatic carbocycles. The van der Waals surface area contributed by atoms with Gasteiger partial charge in [-0.1, -0.05) is 11.6 Å². The van der Waals surface area contributed by atoms with Gasteiger partial charge in [-0.3, -0.25) is 9.48 Å². The zero-order valence-corrected chi connectivity index (χ0v) is 13.0. The molecule has 0 fully saturated rings. The molecule has 0 atom stereocenters. The van der Waals surface area contributed by atoms with Crippen molar-refractivity contribution < 1.29 is 9.18 Å². The van der Waals surface area contributed by atoms with Crippen molar-refractivity contribution in [2.24, 2.45) is 0 Å². The Kier molecular flexibility index (Phi) is 3.55. The van der Waals surface area contributed by atoms with Crippen LogP contribution >= 0.6 is 22.9 Å². The highest BCUT2D eigenvalue weighted by Crippen LogP contribution is 2.30. The fraction of sp³-hybridized carbons (Fsp3) is 0.200. The van der Waals surface area contributed by atoms with Gasteiger partial charge in [-0.15, -0.1) is 11.3 Å². The first-order valence-corrected chi connectivity index (χ1v) is 7.63. The molecule has 0 radical (unpaired) electrons. The third-order valence-electron chi connectivity index (χ3n) is 3.16. The van der Waals surface area contributed by atoms with Crippen LogP contribution in [0.3, 0.4) is 0 Å². The molecule has 0 aliphatic rings. The van der Waals surface area contributed by atoms with E-state index in [0.717, 1.165) is 10.1 Å². The van der Waals surface area contributed by atoms with Crippen molar-refractivity contribution in [1.82, 2.24) is 9.78 Å². The number of nitrogens with zero attached hydrogens (tertiary/aromatic N) is 2. The first-order valence-electron chi connectivity index (χ1n) is 6.44. The lowest BCUT2D eigenvalue weighted by Crippen LogP contribution is -2.13. The van der Waals surface area contributed by atoms with E-state index in [1.807, 2.05) is 13.8 Å². The van der Waals surface area contributed by atoms with Gasteiger partial charge in [0, 0.05) is 10.7 Å². The van der Waals surface area contributed by atoms with E-state index in [2.05, 4.69) is 5.10 Å². The van der Waals surface area contributed by atoms with Gasteiger partial charge in [0.15, 0.2) is 0 Å². The molecule has 3 aromatic rings. The van der Waals surface area contributed by atoms with Crippen LogP contribution in [0.2, 0.25) is 5.02 Å². The number of hydrogen-bond donors (Lipinski definition) is 0. The Balaban J connectivity index is 2.10. The van der Waals surface area contributed by atoms with Crippen molar-refractivity contribution >= 4 is 38.8 Å². The highest BCUT2D eigenvalue weighted by molar-refractivity contribution is 7.21. The maximum Gasteiger partial charge on any atom is 0.222 e. The standard InChI is InChI=1S/C15H12ClFN2OS/c1-8(2)19-14(11(16)7-18-19)15(20)13-6-9-5-10(17)3-4-12(9)21-13/h3-8H,1-2H3. The molecule has 0 spiro atoms. The molecule has 2 aromatic heterocycles. The topological polar surface area (TPSA) is 34.9 Å². The number of hydrogen-bond acceptors (Lipinski definition) is 3. The highest BCUT2D eigenvalue weighted by Gasteiger charge is 2.22. The first kappa shape index (κ1) is 14.2. The number of benzene rings is 1. The minimum atomic E-state index is -0.315. The van der Waals surface area contributed by atoms with Crippen molar-refractivity contribution in [2.75, 3.05) is 0 Å². The number of carbonyl (C=O) groups excluding carboxylic acids is 1. The second kappa shape index (κ2) is 5.24. The van der Waals surface area contributed by atoms with Gasteiger partial charge in [-0.25, -0.2) is 4.39 Å². The summed E-state index contributed by atoms with van der Waals surface area (Å²) in [5, 5.41) is 5.19. The quantitative estimate of drug-likeness (QED) is 0.655. The molecule has 0 unspecified atom stereocenters. The Hall–Kier alpha value is -1.72. The van der Waals surface area contributed by atoms with Crippen molar-refractivity contribution in [2.45, 2.75) is 19.9 Å². The lowest BCUT2D eigenvalue weighted by Gasteiger charge is -2.09. The van der Waals surface area contributed by atoms with Crippen LogP contribution in [-0.2, 0) is 0 Å². The molecule has 21 heavy (non-hydrogen) atoms. The van der Waals surface area contributed by atoms with E-state index in [0.29, 0.717) is 15.6 Å². The van der Waals surface area contributed by atoms with Gasteiger partial charge < -0.3 is 0 Å². The monoisotopic (exact) mass is 322 g/mol. The van der Waals surface area contributed by atoms with E-state index in [-0.39, 0.29) is 17.6 Å². The molecular weight excluding hydrogens is 311 g/mol. The number of thiophene rings is 1. The van der Waals surface area contributed by atoms with Gasteiger partial charge in [-0.05, 0) is 43.5 Å². The van der Waals surface area contributed by atoms with Crippen LogP contribution in [0.5, 0.6) is 0 Å². The van der Waals surface area contributed by atoms with Crippen LogP contribution in [0.25, 0.3) is 10.1 Å². The SMILES string of the molecule is CC(C)n1ncc(Cl)c1C(=O)c1cc2cc(F)ccc2s1. The fourth-order valence-corrected chi connectivity index (χ4v) is 3.39. The predicted molar refractivity (Wildman–Crippen MR) is 82.8 cm³/mol. The van der Waals surface area contributed by atoms with E-state index in [1.165, 1.54) is 29.7 Å². The number of ketones is 1. The maximum absolute atomic E-state index is 13.2. The van der Waals surface area contributed by atoms with Crippen molar-refractivity contribution in [3.63, 3.8) is 0 Å². The van der Waals surface area contributed by atoms with E-state index in [1.54, 1.807) is 16.8 Å². The number of halogens is 2. The zero-order valence-electron chi connectivity index (χ0n) is 11.4. The molecule has 0 N–H and O–H groups in total. The molecule has 3 rings (SSSR count). The van der Waals surface area contributed by atoms with Crippen molar-refractivity contribution in [3.05, 3.63) is 51.9 Å². The number of carbonyl (C=O) groups is 1. The molecule has 2 heterocycles. The number of rotatable bonds is 3. The van der Waals surface area contributed by atoms with E-state index < -0.39 is 0 Å². The van der Waals surface area contributed by atoms with Gasteiger partial charge in [0.25, 0.3) is 0 Å². The molecule has 0 saturated carbocycles. The van der Waals surface area contributed by atoms with Gasteiger partial charge >= 0.3 is 0 Å². The predicted octanol–water partition coefficient (Wildman–Crippen LogP) is 4.70. The van der Waals surface area contributed by atoms with Gasteiger partial charge in [0.1, 0.15) is 11.5 Å². The van der Waals surface area contributed by atoms with Gasteiger partial charge in [0.2, 0.25) is 5.78 Å². The lowest BCUT2D eigenvalue weighted by molar-refractivity contribution is 0.103. The van der Waals surface area contributed by atoms with Crippen LogP contribution in [-0.4, -0.2) is 15.6 Å². The Morgan fingerprint density at radius 2 is 2.14 bits per heavy atom. The lowest BCUT2D eigenvalue weighted by atomic mass is 10.2. The second-order valence-corrected chi connectivity index (χ2v) is 6.49. The average Bonchev–Trinajstić information content (AvgIpc) is 3.00. The Bertz CT molecular complexity index is 837. The minimum Gasteiger partial charge on any atom is -0.286 e. The molecule has 0 amide bonds. The third kappa shape index (κ3) is 2.47. The number of aromatic nitrogens is 2. The molecular formula is C15H12ClFN2OS. The zero-order chi connectivity index (χ0) is 15.1. The third-order valence-corrected chi connectivity index (χ3v) is 4.55. The summed E-state index contributed by atoms with van der Waals surface area (Å²) in [5.41, 5.74) is 0.374. The molecule has 0 saturated heterocycles. The van der Waals surface area contributed by atoms with Gasteiger partial charge in [0.05, 0.1) is 16.1 Å². The molecule has 3 nitrogen and oxygen atoms in total. The summed E-state index contributed by atoms with van der Waals surface area (Å²) in [6.07, 6.45) is 1.47. The Morgan fingerprint density at radius 3 is 2.86 bits per heavy atom. The molecule has 1 aromatic carbocycles. The van der Waals surface area contributed by atoms with Crippen molar-refractivity contribution in [3.8, 4) is 0 Å². The molecule has 0 aliphatic heterocycles. The van der Waals surface area contributed by atoms with Crippen LogP contribution in [0.15, 0.2) is 30.5 Å². The van der Waals surface area contributed by atoms with E-state index in [4.69, 9.17) is 11.6 Å². The summed E-state index contributed by atoms with van der Waals surface area (Å²) in [6.45, 7) is 3.86. The summed E-state index contributed by atoms with van der Waals surface area (Å²) in [5.74, 6) is -0.502. The Morgan fingerprint density at radius 1 is 1.38 bits per heavy atom. The van der Waals surface area contributed by atoms with E-state index >= 15 is 0 Å². The highest BCUT2D eigenvalue weighted by atomic mass is 35.5. The summed E-state index contributed by atoms with van der Waals surface area (Å²) < 4.78 is 15.7. The summed E-state index contributed by atoms with van der Waals surface area (Å²) in [7, 11) is 0. The minimum absolute atomic E-state index is 0.0308. The van der Waals surface area contributed by atoms with Crippen LogP contribution in [0.4, 0.5) is 4.39 Å². The normalized spacial score (nSPS) is 11.5. The first-order chi connectivity index (χ1) is 9.97. The van der Waals surface area contributed by atoms with Crippen LogP contribution in [0.1, 0.15) is 35.3 Å². The largest absolute Gasteiger partial charge is 0.286 e. The van der Waals surface area contributed by atoms with Gasteiger partial charge in [-0.2, -0.15) is 5.10 Å². The van der Waals surface area contributed by atoms with Crippen LogP contribution in [0, 0.1) is 5.82 Å². The summed E-state index contributed by atoms with van der Waals surface area (Å²) >= 11 is 7.42. The fourth-order valence-electron chi connectivity index (χ4n) is 2.19. The molecule has 108 valence electrons. The summed E-state index contributed by atoms with van der Waals surface area (Å²) in [4.78, 5) is 13.2. The average molecular weight is 323 g/mol.